The molecule has 5 nitrogen and oxygen atoms in total. The average Bonchev–Trinajstić information content (AvgIpc) is 2.62. The number of anilines is 2. The number of aryl methyl sites for hydroxylation is 1. The van der Waals surface area contributed by atoms with Crippen molar-refractivity contribution in [1.29, 1.82) is 0 Å². The van der Waals surface area contributed by atoms with Crippen molar-refractivity contribution in [3.63, 3.8) is 0 Å². The molecule has 0 saturated carbocycles. The van der Waals surface area contributed by atoms with E-state index in [1.54, 1.807) is 6.20 Å². The Hall–Kier alpha value is -1.69. The highest BCUT2D eigenvalue weighted by Crippen LogP contribution is 2.17. The molecule has 2 heterocycles. The van der Waals surface area contributed by atoms with Gasteiger partial charge >= 0.3 is 0 Å². The van der Waals surface area contributed by atoms with Gasteiger partial charge in [-0.2, -0.15) is 0 Å². The van der Waals surface area contributed by atoms with Crippen molar-refractivity contribution in [2.45, 2.75) is 12.8 Å². The summed E-state index contributed by atoms with van der Waals surface area (Å²) in [6.07, 6.45) is 2.83. The van der Waals surface area contributed by atoms with Crippen molar-refractivity contribution in [3.8, 4) is 0 Å². The Balaban J connectivity index is 0.00000169. The van der Waals surface area contributed by atoms with Crippen LogP contribution in [0, 0.1) is 0 Å². The van der Waals surface area contributed by atoms with Crippen LogP contribution in [0.4, 0.5) is 11.5 Å². The molecule has 2 aromatic rings. The van der Waals surface area contributed by atoms with Gasteiger partial charge in [-0.25, -0.2) is 4.98 Å². The molecule has 26 heavy (non-hydrogen) atoms. The van der Waals surface area contributed by atoms with Gasteiger partial charge in [0.1, 0.15) is 5.82 Å². The first-order valence-corrected chi connectivity index (χ1v) is 8.49. The van der Waals surface area contributed by atoms with Crippen molar-refractivity contribution < 1.29 is 4.79 Å². The molecule has 1 aliphatic rings. The van der Waals surface area contributed by atoms with E-state index in [1.165, 1.54) is 0 Å². The highest BCUT2D eigenvalue weighted by atomic mass is 35.5. The predicted molar refractivity (Wildman–Crippen MR) is 112 cm³/mol. The zero-order valence-corrected chi connectivity index (χ0v) is 16.7. The molecular formula is C18H23Cl3N4O. The number of nitrogen functional groups attached to an aromatic ring is 1. The number of aromatic nitrogens is 1. The summed E-state index contributed by atoms with van der Waals surface area (Å²) in [4.78, 5) is 20.8. The standard InChI is InChI=1S/C18H21ClN4O.2ClH/c19-15-6-7-17(21-13-15)22-9-11-23(12-10-22)18(24)8-5-14-3-1-2-4-16(14)20;;/h1-4,6-7,13H,5,8-12,20H2;2*1H. The predicted octanol–water partition coefficient (Wildman–Crippen LogP) is 3.44. The fourth-order valence-electron chi connectivity index (χ4n) is 2.90. The molecule has 0 radical (unpaired) electrons. The first kappa shape index (κ1) is 22.4. The van der Waals surface area contributed by atoms with Gasteiger partial charge in [-0.3, -0.25) is 4.79 Å². The molecule has 0 spiro atoms. The number of halogens is 3. The number of para-hydroxylation sites is 1. The SMILES string of the molecule is Cl.Cl.Nc1ccccc1CCC(=O)N1CCN(c2ccc(Cl)cn2)CC1. The minimum atomic E-state index is 0. The van der Waals surface area contributed by atoms with Gasteiger partial charge in [-0.1, -0.05) is 29.8 Å². The lowest BCUT2D eigenvalue weighted by Crippen LogP contribution is -2.49. The molecule has 1 aliphatic heterocycles. The fraction of sp³-hybridized carbons (Fsp3) is 0.333. The number of benzene rings is 1. The Labute approximate surface area is 171 Å². The molecular weight excluding hydrogens is 395 g/mol. The number of pyridine rings is 1. The quantitative estimate of drug-likeness (QED) is 0.774. The molecule has 142 valence electrons. The van der Waals surface area contributed by atoms with Gasteiger partial charge in [-0.15, -0.1) is 24.8 Å². The second-order valence-corrected chi connectivity index (χ2v) is 6.34. The Bertz CT molecular complexity index is 704. The molecule has 1 fully saturated rings. The molecule has 0 unspecified atom stereocenters. The second-order valence-electron chi connectivity index (χ2n) is 5.90. The van der Waals surface area contributed by atoms with E-state index >= 15 is 0 Å². The van der Waals surface area contributed by atoms with Crippen LogP contribution in [0.3, 0.4) is 0 Å². The van der Waals surface area contributed by atoms with Crippen molar-refractivity contribution in [2.75, 3.05) is 36.8 Å². The first-order chi connectivity index (χ1) is 11.6. The van der Waals surface area contributed by atoms with E-state index in [-0.39, 0.29) is 30.7 Å². The number of amides is 1. The minimum Gasteiger partial charge on any atom is -0.399 e. The van der Waals surface area contributed by atoms with Gasteiger partial charge in [0.05, 0.1) is 5.02 Å². The van der Waals surface area contributed by atoms with Crippen LogP contribution in [0.1, 0.15) is 12.0 Å². The Kier molecular flexibility index (Phi) is 8.99. The third kappa shape index (κ3) is 5.66. The molecule has 1 aromatic carbocycles. The van der Waals surface area contributed by atoms with Crippen molar-refractivity contribution in [3.05, 3.63) is 53.2 Å². The zero-order chi connectivity index (χ0) is 16.9. The van der Waals surface area contributed by atoms with Crippen LogP contribution >= 0.6 is 36.4 Å². The zero-order valence-electron chi connectivity index (χ0n) is 14.3. The highest BCUT2D eigenvalue weighted by Gasteiger charge is 2.21. The molecule has 8 heteroatoms. The Morgan fingerprint density at radius 1 is 1.08 bits per heavy atom. The summed E-state index contributed by atoms with van der Waals surface area (Å²) in [5.41, 5.74) is 7.72. The van der Waals surface area contributed by atoms with Crippen LogP contribution in [0.25, 0.3) is 0 Å². The summed E-state index contributed by atoms with van der Waals surface area (Å²) in [7, 11) is 0. The summed E-state index contributed by atoms with van der Waals surface area (Å²) in [6, 6.07) is 11.5. The number of nitrogens with zero attached hydrogens (tertiary/aromatic N) is 3. The molecule has 1 saturated heterocycles. The third-order valence-electron chi connectivity index (χ3n) is 4.33. The first-order valence-electron chi connectivity index (χ1n) is 8.11. The van der Waals surface area contributed by atoms with Crippen LogP contribution in [0.2, 0.25) is 5.02 Å². The van der Waals surface area contributed by atoms with Gasteiger partial charge in [0.25, 0.3) is 0 Å². The van der Waals surface area contributed by atoms with Crippen LogP contribution in [-0.4, -0.2) is 42.0 Å². The Morgan fingerprint density at radius 2 is 1.77 bits per heavy atom. The Morgan fingerprint density at radius 3 is 2.38 bits per heavy atom. The number of piperazine rings is 1. The summed E-state index contributed by atoms with van der Waals surface area (Å²) in [5.74, 6) is 1.09. The van der Waals surface area contributed by atoms with E-state index in [1.807, 2.05) is 41.3 Å². The van der Waals surface area contributed by atoms with E-state index in [0.717, 1.165) is 30.2 Å². The van der Waals surface area contributed by atoms with E-state index in [9.17, 15) is 4.79 Å². The second kappa shape index (κ2) is 10.5. The highest BCUT2D eigenvalue weighted by molar-refractivity contribution is 6.30. The molecule has 0 bridgehead atoms. The maximum Gasteiger partial charge on any atom is 0.223 e. The van der Waals surface area contributed by atoms with Gasteiger partial charge < -0.3 is 15.5 Å². The van der Waals surface area contributed by atoms with Crippen molar-refractivity contribution in [1.82, 2.24) is 9.88 Å². The number of nitrogens with two attached hydrogens (primary N) is 1. The van der Waals surface area contributed by atoms with Gasteiger partial charge in [0.2, 0.25) is 5.91 Å². The van der Waals surface area contributed by atoms with Crippen molar-refractivity contribution >= 4 is 53.8 Å². The van der Waals surface area contributed by atoms with Crippen LogP contribution in [-0.2, 0) is 11.2 Å². The third-order valence-corrected chi connectivity index (χ3v) is 4.56. The molecule has 0 aliphatic carbocycles. The maximum atomic E-state index is 12.4. The average molecular weight is 418 g/mol. The summed E-state index contributed by atoms with van der Waals surface area (Å²) in [5, 5.41) is 0.632. The lowest BCUT2D eigenvalue weighted by molar-refractivity contribution is -0.131. The minimum absolute atomic E-state index is 0. The summed E-state index contributed by atoms with van der Waals surface area (Å²) < 4.78 is 0. The smallest absolute Gasteiger partial charge is 0.223 e. The monoisotopic (exact) mass is 416 g/mol. The van der Waals surface area contributed by atoms with E-state index in [0.29, 0.717) is 31.0 Å². The van der Waals surface area contributed by atoms with Crippen LogP contribution in [0.15, 0.2) is 42.6 Å². The molecule has 2 N–H and O–H groups in total. The van der Waals surface area contributed by atoms with Gasteiger partial charge in [0.15, 0.2) is 0 Å². The molecule has 0 atom stereocenters. The number of carbonyl (C=O) groups is 1. The maximum absolute atomic E-state index is 12.4. The number of hydrogen-bond acceptors (Lipinski definition) is 4. The van der Waals surface area contributed by atoms with Gasteiger partial charge in [0, 0.05) is 44.5 Å². The van der Waals surface area contributed by atoms with E-state index in [2.05, 4.69) is 9.88 Å². The summed E-state index contributed by atoms with van der Waals surface area (Å²) >= 11 is 5.87. The van der Waals surface area contributed by atoms with Crippen molar-refractivity contribution in [2.24, 2.45) is 0 Å². The largest absolute Gasteiger partial charge is 0.399 e. The normalized spacial score (nSPS) is 13.6. The number of rotatable bonds is 4. The van der Waals surface area contributed by atoms with Crippen LogP contribution in [0.5, 0.6) is 0 Å². The lowest BCUT2D eigenvalue weighted by Gasteiger charge is -2.35. The number of hydrogen-bond donors (Lipinski definition) is 1. The molecule has 1 aromatic heterocycles. The van der Waals surface area contributed by atoms with Crippen LogP contribution < -0.4 is 10.6 Å². The van der Waals surface area contributed by atoms with Gasteiger partial charge in [-0.05, 0) is 30.2 Å². The fourth-order valence-corrected chi connectivity index (χ4v) is 3.01. The topological polar surface area (TPSA) is 62.5 Å². The summed E-state index contributed by atoms with van der Waals surface area (Å²) in [6.45, 7) is 3.00. The molecule has 3 rings (SSSR count). The van der Waals surface area contributed by atoms with E-state index in [4.69, 9.17) is 17.3 Å². The molecule has 1 amide bonds. The van der Waals surface area contributed by atoms with E-state index < -0.39 is 0 Å². The lowest BCUT2D eigenvalue weighted by atomic mass is 10.1. The number of carbonyl (C=O) groups excluding carboxylic acids is 1.